The van der Waals surface area contributed by atoms with E-state index in [1.807, 2.05) is 0 Å². The number of methoxy groups -OCH3 is 1. The van der Waals surface area contributed by atoms with Crippen LogP contribution in [0.5, 0.6) is 5.75 Å². The van der Waals surface area contributed by atoms with Crippen molar-refractivity contribution in [1.82, 2.24) is 4.98 Å². The van der Waals surface area contributed by atoms with E-state index >= 15 is 0 Å². The van der Waals surface area contributed by atoms with Gasteiger partial charge in [0.25, 0.3) is 0 Å². The number of H-pyrrole nitrogens is 1. The number of ether oxygens (including phenoxy) is 7. The van der Waals surface area contributed by atoms with Crippen LogP contribution in [0.4, 0.5) is 5.69 Å². The second kappa shape index (κ2) is 21.8. The molecule has 0 amide bonds. The molecule has 8 rings (SSSR count). The standard InChI is InChI=1S/C56H64N2O8/c1-38-7-14-46-47-16-10-41(42-11-17-49-48-15-8-39(2)32-52(48)57-53(49)35-42)34-51(47)56(50(46)31-38,44-12-9-43(40(3)33-44)37-65-28-27-63-24-23-61-20-19-59)45-13-18-55(54(36-45)58(4)5)66-30-29-64-26-25-62-22-21-60-6/h7-18,31-36,57,59H,19-30,37H2,1-6H3. The van der Waals surface area contributed by atoms with E-state index in [4.69, 9.17) is 38.3 Å². The van der Waals surface area contributed by atoms with Crippen molar-refractivity contribution in [3.8, 4) is 28.0 Å². The molecule has 0 saturated carbocycles. The third kappa shape index (κ3) is 10.1. The Morgan fingerprint density at radius 1 is 0.530 bits per heavy atom. The monoisotopic (exact) mass is 892 g/mol. The summed E-state index contributed by atoms with van der Waals surface area (Å²) in [6.07, 6.45) is 0. The largest absolute Gasteiger partial charge is 0.489 e. The van der Waals surface area contributed by atoms with Crippen molar-refractivity contribution in [2.24, 2.45) is 0 Å². The Morgan fingerprint density at radius 2 is 1.09 bits per heavy atom. The summed E-state index contributed by atoms with van der Waals surface area (Å²) >= 11 is 0. The molecular weight excluding hydrogens is 829 g/mol. The highest BCUT2D eigenvalue weighted by Gasteiger charge is 2.47. The molecule has 6 aromatic carbocycles. The van der Waals surface area contributed by atoms with Gasteiger partial charge < -0.3 is 48.1 Å². The molecule has 0 aliphatic heterocycles. The van der Waals surface area contributed by atoms with Gasteiger partial charge in [-0.1, -0.05) is 84.4 Å². The molecule has 1 aromatic heterocycles. The number of rotatable bonds is 24. The van der Waals surface area contributed by atoms with E-state index in [9.17, 15) is 0 Å². The summed E-state index contributed by atoms with van der Waals surface area (Å²) in [5.41, 5.74) is 16.9. The van der Waals surface area contributed by atoms with E-state index in [1.165, 1.54) is 49.7 Å². The summed E-state index contributed by atoms with van der Waals surface area (Å²) in [5.74, 6) is 0.794. The molecule has 1 unspecified atom stereocenters. The second-order valence-electron chi connectivity index (χ2n) is 17.3. The molecule has 0 radical (unpaired) electrons. The quantitative estimate of drug-likeness (QED) is 0.0574. The van der Waals surface area contributed by atoms with Gasteiger partial charge in [-0.3, -0.25) is 0 Å². The molecule has 7 aromatic rings. The predicted octanol–water partition coefficient (Wildman–Crippen LogP) is 9.94. The number of aryl methyl sites for hydroxylation is 3. The molecule has 0 saturated heterocycles. The number of nitrogens with zero attached hydrogens (tertiary/aromatic N) is 1. The lowest BCUT2D eigenvalue weighted by Gasteiger charge is -2.35. The van der Waals surface area contributed by atoms with Gasteiger partial charge in [0.1, 0.15) is 12.4 Å². The molecular formula is C56H64N2O8. The SMILES string of the molecule is COCCOCCOCCOc1ccc(C2(c3ccc(COCCOCCOCCO)c(C)c3)c3cc(C)ccc3-c3ccc(-c4ccc5c(c4)[nH]c4cc(C)ccc45)cc32)cc1N(C)C. The minimum Gasteiger partial charge on any atom is -0.489 e. The Hall–Kier alpha value is -5.56. The number of anilines is 1. The molecule has 1 atom stereocenters. The van der Waals surface area contributed by atoms with Crippen LogP contribution in [0.3, 0.4) is 0 Å². The van der Waals surface area contributed by atoms with Crippen molar-refractivity contribution in [3.05, 3.63) is 154 Å². The lowest BCUT2D eigenvalue weighted by molar-refractivity contribution is 0.00444. The van der Waals surface area contributed by atoms with Gasteiger partial charge in [0, 0.05) is 43.0 Å². The summed E-state index contributed by atoms with van der Waals surface area (Å²) < 4.78 is 40.0. The van der Waals surface area contributed by atoms with Crippen LogP contribution in [0.25, 0.3) is 44.1 Å². The number of nitrogens with one attached hydrogen (secondary N) is 1. The van der Waals surface area contributed by atoms with Crippen molar-refractivity contribution < 1.29 is 38.3 Å². The number of aromatic nitrogens is 1. The first kappa shape index (κ1) is 47.0. The number of aliphatic hydroxyl groups excluding tert-OH is 1. The van der Waals surface area contributed by atoms with E-state index in [1.54, 1.807) is 7.11 Å². The molecule has 2 N–H and O–H groups in total. The molecule has 346 valence electrons. The molecule has 66 heavy (non-hydrogen) atoms. The van der Waals surface area contributed by atoms with E-state index in [-0.39, 0.29) is 6.61 Å². The van der Waals surface area contributed by atoms with Crippen LogP contribution in [0, 0.1) is 20.8 Å². The number of hydrogen-bond donors (Lipinski definition) is 2. The fraction of sp³-hybridized carbons (Fsp3) is 0.357. The predicted molar refractivity (Wildman–Crippen MR) is 264 cm³/mol. The van der Waals surface area contributed by atoms with E-state index in [0.717, 1.165) is 50.3 Å². The zero-order valence-corrected chi connectivity index (χ0v) is 39.3. The second-order valence-corrected chi connectivity index (χ2v) is 17.3. The average molecular weight is 893 g/mol. The fourth-order valence-corrected chi connectivity index (χ4v) is 9.28. The van der Waals surface area contributed by atoms with Crippen LogP contribution in [-0.2, 0) is 40.4 Å². The van der Waals surface area contributed by atoms with Gasteiger partial charge in [0.15, 0.2) is 0 Å². The molecule has 1 heterocycles. The van der Waals surface area contributed by atoms with Crippen molar-refractivity contribution >= 4 is 27.5 Å². The zero-order valence-electron chi connectivity index (χ0n) is 39.3. The summed E-state index contributed by atoms with van der Waals surface area (Å²) in [4.78, 5) is 5.84. The van der Waals surface area contributed by atoms with Crippen LogP contribution in [0.15, 0.2) is 109 Å². The highest BCUT2D eigenvalue weighted by molar-refractivity contribution is 6.08. The van der Waals surface area contributed by atoms with E-state index in [2.05, 4.69) is 154 Å². The average Bonchev–Trinajstić information content (AvgIpc) is 3.82. The molecule has 0 fully saturated rings. The summed E-state index contributed by atoms with van der Waals surface area (Å²) in [7, 11) is 5.81. The van der Waals surface area contributed by atoms with Gasteiger partial charge in [-0.25, -0.2) is 0 Å². The number of fused-ring (bicyclic) bond motifs is 6. The zero-order chi connectivity index (χ0) is 46.0. The smallest absolute Gasteiger partial charge is 0.142 e. The van der Waals surface area contributed by atoms with Gasteiger partial charge >= 0.3 is 0 Å². The Morgan fingerprint density at radius 3 is 1.80 bits per heavy atom. The first-order valence-electron chi connectivity index (χ1n) is 23.0. The van der Waals surface area contributed by atoms with E-state index < -0.39 is 5.41 Å². The minimum absolute atomic E-state index is 0.00748. The van der Waals surface area contributed by atoms with Gasteiger partial charge in [-0.15, -0.1) is 0 Å². The lowest BCUT2D eigenvalue weighted by Crippen LogP contribution is -2.29. The third-order valence-corrected chi connectivity index (χ3v) is 12.6. The van der Waals surface area contributed by atoms with Crippen LogP contribution >= 0.6 is 0 Å². The number of hydrogen-bond acceptors (Lipinski definition) is 9. The summed E-state index contributed by atoms with van der Waals surface area (Å²) in [5, 5.41) is 11.4. The first-order chi connectivity index (χ1) is 32.2. The van der Waals surface area contributed by atoms with Crippen LogP contribution < -0.4 is 9.64 Å². The molecule has 10 nitrogen and oxygen atoms in total. The highest BCUT2D eigenvalue weighted by atomic mass is 16.6. The lowest BCUT2D eigenvalue weighted by atomic mass is 9.66. The first-order valence-corrected chi connectivity index (χ1v) is 23.0. The van der Waals surface area contributed by atoms with E-state index in [0.29, 0.717) is 79.3 Å². The number of aliphatic hydroxyl groups is 1. The summed E-state index contributed by atoms with van der Waals surface area (Å²) in [6.45, 7) is 12.1. The van der Waals surface area contributed by atoms with Crippen molar-refractivity contribution in [3.63, 3.8) is 0 Å². The maximum atomic E-state index is 8.93. The van der Waals surface area contributed by atoms with Crippen molar-refractivity contribution in [2.45, 2.75) is 32.8 Å². The Balaban J connectivity index is 1.18. The maximum Gasteiger partial charge on any atom is 0.142 e. The van der Waals surface area contributed by atoms with Crippen molar-refractivity contribution in [1.29, 1.82) is 0 Å². The van der Waals surface area contributed by atoms with Gasteiger partial charge in [-0.05, 0) is 112 Å². The topological polar surface area (TPSA) is 104 Å². The highest BCUT2D eigenvalue weighted by Crippen LogP contribution is 2.58. The Kier molecular flexibility index (Phi) is 15.5. The van der Waals surface area contributed by atoms with Crippen LogP contribution in [-0.4, -0.2) is 111 Å². The number of benzene rings is 6. The molecule has 1 aliphatic carbocycles. The van der Waals surface area contributed by atoms with Gasteiger partial charge in [-0.2, -0.15) is 0 Å². The molecule has 0 bridgehead atoms. The third-order valence-electron chi connectivity index (χ3n) is 12.6. The Bertz CT molecular complexity index is 2740. The fourth-order valence-electron chi connectivity index (χ4n) is 9.28. The van der Waals surface area contributed by atoms with Crippen molar-refractivity contribution in [2.75, 3.05) is 105 Å². The van der Waals surface area contributed by atoms with Crippen LogP contribution in [0.2, 0.25) is 0 Å². The normalized spacial score (nSPS) is 14.3. The minimum atomic E-state index is -0.680. The molecule has 0 spiro atoms. The summed E-state index contributed by atoms with van der Waals surface area (Å²) in [6, 6.07) is 40.9. The molecule has 1 aliphatic rings. The Labute approximate surface area is 389 Å². The molecule has 10 heteroatoms. The van der Waals surface area contributed by atoms with Gasteiger partial charge in [0.05, 0.1) is 90.4 Å². The van der Waals surface area contributed by atoms with Gasteiger partial charge in [0.2, 0.25) is 0 Å². The maximum absolute atomic E-state index is 8.93. The number of aromatic amines is 1. The van der Waals surface area contributed by atoms with Crippen LogP contribution in [0.1, 0.15) is 44.5 Å².